The topological polar surface area (TPSA) is 78.0 Å². The number of hydrogen-bond donors (Lipinski definition) is 0. The third kappa shape index (κ3) is 5.09. The molecule has 2 aliphatic heterocycles. The summed E-state index contributed by atoms with van der Waals surface area (Å²) in [6.45, 7) is 2.23. The minimum Gasteiger partial charge on any atom is -0.309 e. The van der Waals surface area contributed by atoms with Gasteiger partial charge in [-0.15, -0.1) is 0 Å². The van der Waals surface area contributed by atoms with Crippen molar-refractivity contribution in [3.8, 4) is 0 Å². The van der Waals surface area contributed by atoms with E-state index < -0.39 is 11.6 Å². The molecule has 0 radical (unpaired) electrons. The van der Waals surface area contributed by atoms with Gasteiger partial charge in [-0.2, -0.15) is 0 Å². The number of amides is 5. The first kappa shape index (κ1) is 27.4. The Balaban J connectivity index is 1.35. The van der Waals surface area contributed by atoms with Crippen LogP contribution >= 0.6 is 39.1 Å². The molecule has 5 rings (SSSR count). The molecule has 3 aromatic rings. The second kappa shape index (κ2) is 10.8. The number of benzene rings is 3. The average Bonchev–Trinajstić information content (AvgIpc) is 3.24. The number of nitrogens with zero attached hydrogens (tertiary/aromatic N) is 3. The van der Waals surface area contributed by atoms with Crippen molar-refractivity contribution in [2.24, 2.45) is 0 Å². The molecule has 39 heavy (non-hydrogen) atoms. The summed E-state index contributed by atoms with van der Waals surface area (Å²) in [4.78, 5) is 56.9. The highest BCUT2D eigenvalue weighted by atomic mass is 79.9. The first-order chi connectivity index (χ1) is 18.6. The molecule has 1 atom stereocenters. The molecule has 0 bridgehead atoms. The summed E-state index contributed by atoms with van der Waals surface area (Å²) in [6.07, 6.45) is 1.25. The molecule has 2 aliphatic rings. The van der Waals surface area contributed by atoms with Crippen LogP contribution in [0, 0.1) is 0 Å². The molecule has 0 aromatic heterocycles. The highest BCUT2D eigenvalue weighted by Gasteiger charge is 2.54. The first-order valence-corrected chi connectivity index (χ1v) is 14.0. The molecule has 200 valence electrons. The normalized spacial score (nSPS) is 18.9. The van der Waals surface area contributed by atoms with Crippen LogP contribution in [0.2, 0.25) is 10.0 Å². The van der Waals surface area contributed by atoms with Crippen molar-refractivity contribution in [3.05, 3.63) is 97.9 Å². The molecule has 3 aromatic carbocycles. The molecule has 0 saturated carbocycles. The van der Waals surface area contributed by atoms with Crippen molar-refractivity contribution in [3.63, 3.8) is 0 Å². The van der Waals surface area contributed by atoms with Gasteiger partial charge in [0.25, 0.3) is 17.7 Å². The lowest BCUT2D eigenvalue weighted by Gasteiger charge is -2.32. The van der Waals surface area contributed by atoms with Crippen molar-refractivity contribution < 1.29 is 19.2 Å². The maximum atomic E-state index is 13.9. The van der Waals surface area contributed by atoms with Gasteiger partial charge in [-0.25, -0.2) is 9.69 Å². The van der Waals surface area contributed by atoms with Crippen molar-refractivity contribution >= 4 is 68.6 Å². The maximum Gasteiger partial charge on any atom is 0.332 e. The Bertz CT molecular complexity index is 1440. The largest absolute Gasteiger partial charge is 0.332 e. The number of imide groups is 2. The molecule has 0 spiro atoms. The van der Waals surface area contributed by atoms with E-state index in [9.17, 15) is 19.2 Å². The fraction of sp³-hybridized carbons (Fsp3) is 0.241. The summed E-state index contributed by atoms with van der Waals surface area (Å²) >= 11 is 15.8. The number of halogens is 3. The van der Waals surface area contributed by atoms with E-state index in [4.69, 9.17) is 23.2 Å². The van der Waals surface area contributed by atoms with E-state index >= 15 is 0 Å². The summed E-state index contributed by atoms with van der Waals surface area (Å²) in [5.41, 5.74) is 0.832. The van der Waals surface area contributed by atoms with Crippen LogP contribution in [-0.4, -0.2) is 52.2 Å². The number of carbonyl (C=O) groups excluding carboxylic acids is 4. The van der Waals surface area contributed by atoms with Gasteiger partial charge < -0.3 is 4.90 Å². The highest BCUT2D eigenvalue weighted by molar-refractivity contribution is 9.10. The fourth-order valence-corrected chi connectivity index (χ4v) is 5.95. The lowest BCUT2D eigenvalue weighted by Crippen LogP contribution is -2.49. The zero-order valence-electron chi connectivity index (χ0n) is 21.0. The van der Waals surface area contributed by atoms with Crippen LogP contribution in [0.3, 0.4) is 0 Å². The summed E-state index contributed by atoms with van der Waals surface area (Å²) in [5.74, 6) is -1.01. The quantitative estimate of drug-likeness (QED) is 0.160. The van der Waals surface area contributed by atoms with Gasteiger partial charge in [-0.05, 0) is 67.8 Å². The summed E-state index contributed by atoms with van der Waals surface area (Å²) in [5, 5.41) is 0.624. The SMILES string of the molecule is CC1(Cc2ccc(Br)cc2)C(=O)N(c2cc(Cl)cc(Cl)c2)C(=O)N1CCCCN1C(=O)c2ccccc2C1=O. The maximum absolute atomic E-state index is 13.9. The van der Waals surface area contributed by atoms with Crippen LogP contribution in [-0.2, 0) is 11.2 Å². The number of carbonyl (C=O) groups is 4. The van der Waals surface area contributed by atoms with Crippen LogP contribution in [0.4, 0.5) is 10.5 Å². The molecule has 1 unspecified atom stereocenters. The van der Waals surface area contributed by atoms with Gasteiger partial charge in [0.15, 0.2) is 0 Å². The molecule has 1 fully saturated rings. The summed E-state index contributed by atoms with van der Waals surface area (Å²) < 4.78 is 0.908. The van der Waals surface area contributed by atoms with E-state index in [0.717, 1.165) is 14.9 Å². The van der Waals surface area contributed by atoms with Crippen LogP contribution < -0.4 is 4.90 Å². The van der Waals surface area contributed by atoms with E-state index in [1.807, 2.05) is 24.3 Å². The number of anilines is 1. The molecular formula is C29H24BrCl2N3O4. The minimum absolute atomic E-state index is 0.222. The Kier molecular flexibility index (Phi) is 7.55. The van der Waals surface area contributed by atoms with Crippen molar-refractivity contribution in [2.45, 2.75) is 31.7 Å². The monoisotopic (exact) mass is 627 g/mol. The van der Waals surface area contributed by atoms with Gasteiger partial charge >= 0.3 is 6.03 Å². The molecular weight excluding hydrogens is 605 g/mol. The lowest BCUT2D eigenvalue weighted by atomic mass is 9.91. The van der Waals surface area contributed by atoms with Crippen LogP contribution in [0.15, 0.2) is 71.2 Å². The smallest absolute Gasteiger partial charge is 0.309 e. The van der Waals surface area contributed by atoms with Crippen molar-refractivity contribution in [1.82, 2.24) is 9.80 Å². The van der Waals surface area contributed by atoms with Gasteiger partial charge in [-0.1, -0.05) is 63.4 Å². The van der Waals surface area contributed by atoms with Crippen molar-refractivity contribution in [1.29, 1.82) is 0 Å². The standard InChI is InChI=1S/C29H24BrCl2N3O4/c1-29(17-18-8-10-19(30)11-9-18)27(38)35(22-15-20(31)14-21(32)16-22)28(39)34(29)13-5-4-12-33-25(36)23-6-2-3-7-24(23)26(33)37/h2-3,6-11,14-16H,4-5,12-13,17H2,1H3. The van der Waals surface area contributed by atoms with Gasteiger partial charge in [0.05, 0.1) is 16.8 Å². The lowest BCUT2D eigenvalue weighted by molar-refractivity contribution is -0.124. The Morgan fingerprint density at radius 3 is 1.95 bits per heavy atom. The predicted octanol–water partition coefficient (Wildman–Crippen LogP) is 6.60. The second-order valence-electron chi connectivity index (χ2n) is 9.79. The van der Waals surface area contributed by atoms with Crippen LogP contribution in [0.25, 0.3) is 0 Å². The number of rotatable bonds is 8. The first-order valence-electron chi connectivity index (χ1n) is 12.4. The zero-order valence-corrected chi connectivity index (χ0v) is 24.1. The Morgan fingerprint density at radius 1 is 0.795 bits per heavy atom. The number of urea groups is 1. The van der Waals surface area contributed by atoms with Gasteiger partial charge in [0.1, 0.15) is 5.54 Å². The Morgan fingerprint density at radius 2 is 1.36 bits per heavy atom. The molecule has 0 aliphatic carbocycles. The van der Waals surface area contributed by atoms with Crippen molar-refractivity contribution in [2.75, 3.05) is 18.0 Å². The molecule has 10 heteroatoms. The predicted molar refractivity (Wildman–Crippen MR) is 153 cm³/mol. The molecule has 1 saturated heterocycles. The van der Waals surface area contributed by atoms with Gasteiger partial charge in [-0.3, -0.25) is 19.3 Å². The van der Waals surface area contributed by atoms with E-state index in [-0.39, 0.29) is 30.8 Å². The fourth-order valence-electron chi connectivity index (χ4n) is 5.17. The third-order valence-electron chi connectivity index (χ3n) is 7.14. The van der Waals surface area contributed by atoms with E-state index in [0.29, 0.717) is 46.1 Å². The Labute approximate surface area is 244 Å². The highest BCUT2D eigenvalue weighted by Crippen LogP contribution is 2.37. The van der Waals surface area contributed by atoms with Gasteiger partial charge in [0, 0.05) is 34.0 Å². The third-order valence-corrected chi connectivity index (χ3v) is 8.11. The summed E-state index contributed by atoms with van der Waals surface area (Å²) in [7, 11) is 0. The second-order valence-corrected chi connectivity index (χ2v) is 11.6. The number of unbranched alkanes of at least 4 members (excludes halogenated alkanes) is 1. The average molecular weight is 629 g/mol. The summed E-state index contributed by atoms with van der Waals surface area (Å²) in [6, 6.07) is 18.5. The minimum atomic E-state index is -1.17. The van der Waals surface area contributed by atoms with Gasteiger partial charge in [0.2, 0.25) is 0 Å². The molecule has 5 amide bonds. The van der Waals surface area contributed by atoms with E-state index in [1.165, 1.54) is 23.1 Å². The molecule has 2 heterocycles. The van der Waals surface area contributed by atoms with Crippen LogP contribution in [0.5, 0.6) is 0 Å². The molecule has 0 N–H and O–H groups in total. The number of fused-ring (bicyclic) bond motifs is 1. The zero-order chi connectivity index (χ0) is 27.9. The van der Waals surface area contributed by atoms with E-state index in [2.05, 4.69) is 15.9 Å². The van der Waals surface area contributed by atoms with Crippen LogP contribution in [0.1, 0.15) is 46.0 Å². The molecule has 7 nitrogen and oxygen atoms in total. The number of hydrogen-bond acceptors (Lipinski definition) is 4. The Hall–Kier alpha value is -3.20. The van der Waals surface area contributed by atoms with E-state index in [1.54, 1.807) is 36.1 Å².